The summed E-state index contributed by atoms with van der Waals surface area (Å²) in [6.45, 7) is 0. The summed E-state index contributed by atoms with van der Waals surface area (Å²) in [5, 5.41) is 25.2. The molecule has 9 nitrogen and oxygen atoms in total. The number of H-pyrrole nitrogens is 1. The Morgan fingerprint density at radius 3 is 2.47 bits per heavy atom. The number of carbonyl (C=O) groups is 2. The fourth-order valence-electron chi connectivity index (χ4n) is 3.78. The number of pyridine rings is 1. The van der Waals surface area contributed by atoms with Crippen molar-refractivity contribution in [3.05, 3.63) is 106 Å². The lowest BCUT2D eigenvalue weighted by atomic mass is 9.97. The predicted molar refractivity (Wildman–Crippen MR) is 134 cm³/mol. The molecule has 0 spiro atoms. The van der Waals surface area contributed by atoms with E-state index in [-0.39, 0.29) is 18.5 Å². The average molecular weight is 507 g/mol. The third-order valence-corrected chi connectivity index (χ3v) is 5.80. The number of benzene rings is 2. The third kappa shape index (κ3) is 6.07. The zero-order valence-corrected chi connectivity index (χ0v) is 19.7. The number of hydrogen-bond donors (Lipinski definition) is 4. The highest BCUT2D eigenvalue weighted by atomic mass is 35.5. The number of aromatic nitrogens is 3. The summed E-state index contributed by atoms with van der Waals surface area (Å²) >= 11 is 6.07. The van der Waals surface area contributed by atoms with Crippen LogP contribution in [0.2, 0.25) is 5.02 Å². The minimum absolute atomic E-state index is 0.0169. The Hall–Kier alpha value is -4.21. The molecule has 0 aliphatic rings. The predicted octanol–water partition coefficient (Wildman–Crippen LogP) is 3.06. The highest BCUT2D eigenvalue weighted by Crippen LogP contribution is 2.23. The van der Waals surface area contributed by atoms with Crippen molar-refractivity contribution >= 4 is 23.5 Å². The van der Waals surface area contributed by atoms with Crippen LogP contribution in [0.15, 0.2) is 83.8 Å². The maximum atomic E-state index is 12.9. The highest BCUT2D eigenvalue weighted by molar-refractivity contribution is 6.30. The molecule has 4 aromatic rings. The molecule has 1 unspecified atom stereocenters. The Kier molecular flexibility index (Phi) is 7.62. The molecule has 0 aliphatic carbocycles. The molecule has 0 fully saturated rings. The molecule has 10 heteroatoms. The first-order valence-corrected chi connectivity index (χ1v) is 11.5. The number of rotatable bonds is 9. The SMILES string of the molecule is O=C(N[C@H](Cc1ccc(-c2cccc(Cl)c2)cc1)CC(O)C(=O)O)c1cc(=O)n(-c2ccccn2)[nH]1. The number of halogens is 1. The van der Waals surface area contributed by atoms with E-state index in [1.54, 1.807) is 24.3 Å². The Morgan fingerprint density at radius 2 is 1.81 bits per heavy atom. The van der Waals surface area contributed by atoms with Gasteiger partial charge in [-0.1, -0.05) is 54.1 Å². The number of nitrogens with one attached hydrogen (secondary N) is 2. The van der Waals surface area contributed by atoms with Crippen molar-refractivity contribution in [2.75, 3.05) is 0 Å². The number of aliphatic hydroxyl groups is 1. The second kappa shape index (κ2) is 11.0. The van der Waals surface area contributed by atoms with Crippen LogP contribution in [-0.4, -0.2) is 49.0 Å². The van der Waals surface area contributed by atoms with E-state index in [0.29, 0.717) is 10.8 Å². The molecule has 0 bridgehead atoms. The van der Waals surface area contributed by atoms with Crippen molar-refractivity contribution in [1.29, 1.82) is 0 Å². The largest absolute Gasteiger partial charge is 0.479 e. The van der Waals surface area contributed by atoms with E-state index in [4.69, 9.17) is 16.7 Å². The monoisotopic (exact) mass is 506 g/mol. The molecule has 4 N–H and O–H groups in total. The summed E-state index contributed by atoms with van der Waals surface area (Å²) < 4.78 is 1.13. The molecule has 0 aliphatic heterocycles. The quantitative estimate of drug-likeness (QED) is 0.275. The fourth-order valence-corrected chi connectivity index (χ4v) is 3.97. The molecule has 2 atom stereocenters. The van der Waals surface area contributed by atoms with Gasteiger partial charge in [0.1, 0.15) is 5.69 Å². The van der Waals surface area contributed by atoms with Gasteiger partial charge in [-0.2, -0.15) is 0 Å². The van der Waals surface area contributed by atoms with Crippen LogP contribution < -0.4 is 10.9 Å². The van der Waals surface area contributed by atoms with Crippen molar-refractivity contribution < 1.29 is 19.8 Å². The summed E-state index contributed by atoms with van der Waals surface area (Å²) in [5.74, 6) is -1.68. The average Bonchev–Trinajstić information content (AvgIpc) is 3.26. The van der Waals surface area contributed by atoms with E-state index in [0.717, 1.165) is 27.4 Å². The topological polar surface area (TPSA) is 137 Å². The fraction of sp³-hybridized carbons (Fsp3) is 0.154. The molecule has 0 radical (unpaired) electrons. The van der Waals surface area contributed by atoms with Gasteiger partial charge >= 0.3 is 5.97 Å². The van der Waals surface area contributed by atoms with Crippen molar-refractivity contribution in [3.8, 4) is 16.9 Å². The Bertz CT molecular complexity index is 1420. The van der Waals surface area contributed by atoms with Crippen LogP contribution in [0.4, 0.5) is 0 Å². The number of amides is 1. The smallest absolute Gasteiger partial charge is 0.332 e. The molecule has 184 valence electrons. The van der Waals surface area contributed by atoms with Gasteiger partial charge in [-0.15, -0.1) is 0 Å². The first kappa shape index (κ1) is 24.9. The molecule has 0 saturated carbocycles. The number of carboxylic acids is 1. The molecule has 4 rings (SSSR count). The van der Waals surface area contributed by atoms with Crippen LogP contribution in [0, 0.1) is 0 Å². The molecular formula is C26H23ClN4O5. The summed E-state index contributed by atoms with van der Waals surface area (Å²) in [6, 6.07) is 20.4. The molecule has 2 heterocycles. The normalized spacial score (nSPS) is 12.6. The molecule has 2 aromatic heterocycles. The minimum atomic E-state index is -1.67. The zero-order valence-electron chi connectivity index (χ0n) is 19.0. The Morgan fingerprint density at radius 1 is 1.03 bits per heavy atom. The number of carboxylic acid groups (broad SMARTS) is 1. The number of aliphatic hydroxyl groups excluding tert-OH is 1. The van der Waals surface area contributed by atoms with Crippen LogP contribution >= 0.6 is 11.6 Å². The van der Waals surface area contributed by atoms with Crippen LogP contribution in [0.3, 0.4) is 0 Å². The van der Waals surface area contributed by atoms with Crippen LogP contribution in [0.25, 0.3) is 16.9 Å². The first-order chi connectivity index (χ1) is 17.3. The number of aromatic amines is 1. The van der Waals surface area contributed by atoms with Gasteiger partial charge in [-0.05, 0) is 47.4 Å². The highest BCUT2D eigenvalue weighted by Gasteiger charge is 2.23. The van der Waals surface area contributed by atoms with Crippen LogP contribution in [-0.2, 0) is 11.2 Å². The molecular weight excluding hydrogens is 484 g/mol. The van der Waals surface area contributed by atoms with Gasteiger partial charge in [0.2, 0.25) is 0 Å². The first-order valence-electron chi connectivity index (χ1n) is 11.1. The number of nitrogens with zero attached hydrogens (tertiary/aromatic N) is 2. The van der Waals surface area contributed by atoms with Crippen LogP contribution in [0.5, 0.6) is 0 Å². The molecule has 36 heavy (non-hydrogen) atoms. The van der Waals surface area contributed by atoms with Gasteiger partial charge in [0.15, 0.2) is 11.9 Å². The van der Waals surface area contributed by atoms with Gasteiger partial charge in [-0.25, -0.2) is 14.5 Å². The van der Waals surface area contributed by atoms with E-state index >= 15 is 0 Å². The summed E-state index contributed by atoms with van der Waals surface area (Å²) in [4.78, 5) is 40.6. The third-order valence-electron chi connectivity index (χ3n) is 5.57. The molecule has 1 amide bonds. The van der Waals surface area contributed by atoms with Crippen molar-refractivity contribution in [2.45, 2.75) is 25.0 Å². The lowest BCUT2D eigenvalue weighted by molar-refractivity contribution is -0.147. The van der Waals surface area contributed by atoms with E-state index in [1.165, 1.54) is 6.20 Å². The number of hydrogen-bond acceptors (Lipinski definition) is 5. The van der Waals surface area contributed by atoms with Crippen molar-refractivity contribution in [2.24, 2.45) is 0 Å². The molecule has 0 saturated heterocycles. The van der Waals surface area contributed by atoms with E-state index in [9.17, 15) is 19.5 Å². The van der Waals surface area contributed by atoms with Gasteiger partial charge in [0.25, 0.3) is 11.5 Å². The maximum absolute atomic E-state index is 12.9. The maximum Gasteiger partial charge on any atom is 0.332 e. The van der Waals surface area contributed by atoms with Crippen molar-refractivity contribution in [3.63, 3.8) is 0 Å². The summed E-state index contributed by atoms with van der Waals surface area (Å²) in [7, 11) is 0. The van der Waals surface area contributed by atoms with Gasteiger partial charge in [0.05, 0.1) is 0 Å². The summed E-state index contributed by atoms with van der Waals surface area (Å²) in [6.07, 6.45) is -0.110. The second-order valence-corrected chi connectivity index (χ2v) is 8.64. The van der Waals surface area contributed by atoms with Crippen molar-refractivity contribution in [1.82, 2.24) is 20.1 Å². The number of aliphatic carboxylic acids is 1. The lowest BCUT2D eigenvalue weighted by Gasteiger charge is -2.20. The van der Waals surface area contributed by atoms with Gasteiger partial charge in [0, 0.05) is 29.7 Å². The standard InChI is InChI=1S/C26H23ClN4O5/c27-19-5-3-4-18(13-19)17-9-7-16(8-10-17)12-20(14-22(32)26(35)36)29-25(34)21-15-24(33)31(30-21)23-6-1-2-11-28-23/h1-11,13,15,20,22,30,32H,12,14H2,(H,29,34)(H,35,36)/t20-,22?/m1/s1. The van der Waals surface area contributed by atoms with E-state index < -0.39 is 29.6 Å². The minimum Gasteiger partial charge on any atom is -0.479 e. The molecule has 2 aromatic carbocycles. The van der Waals surface area contributed by atoms with Gasteiger partial charge in [-0.3, -0.25) is 14.7 Å². The van der Waals surface area contributed by atoms with E-state index in [1.807, 2.05) is 42.5 Å². The van der Waals surface area contributed by atoms with E-state index in [2.05, 4.69) is 15.4 Å². The number of carbonyl (C=O) groups excluding carboxylic acids is 1. The summed E-state index contributed by atoms with van der Waals surface area (Å²) in [5.41, 5.74) is 2.22. The van der Waals surface area contributed by atoms with Crippen LogP contribution in [0.1, 0.15) is 22.5 Å². The second-order valence-electron chi connectivity index (χ2n) is 8.20. The zero-order chi connectivity index (χ0) is 25.7. The Labute approximate surface area is 211 Å². The Balaban J connectivity index is 1.52. The van der Waals surface area contributed by atoms with Gasteiger partial charge < -0.3 is 15.5 Å². The lowest BCUT2D eigenvalue weighted by Crippen LogP contribution is -2.40.